The third kappa shape index (κ3) is 20.9. The van der Waals surface area contributed by atoms with E-state index in [0.717, 1.165) is 13.8 Å². The van der Waals surface area contributed by atoms with Gasteiger partial charge in [-0.25, -0.2) is 0 Å². The SMILES string of the molecule is CC(=O)NC1C(OC2C(CO)OC(O)C(NC(C)=O)C2OC(C)C(=O)NC(C)C(=O)NC(CCC(=O)NC(CCCCNC(=O)CN)C(=O)NC(C)C(=O)NCC(=O)NCC(=O)O)C(N)=O)OC(CO)C(O)C1O. The van der Waals surface area contributed by atoms with E-state index >= 15 is 0 Å². The Labute approximate surface area is 423 Å². The summed E-state index contributed by atoms with van der Waals surface area (Å²) in [5, 5.41) is 82.2. The summed E-state index contributed by atoms with van der Waals surface area (Å²) in [6.07, 6.45) is -15.3. The zero-order valence-electron chi connectivity index (χ0n) is 41.4. The first kappa shape index (κ1) is 63.9. The molecule has 0 radical (unpaired) electrons. The summed E-state index contributed by atoms with van der Waals surface area (Å²) in [4.78, 5) is 137. The number of rotatable bonds is 30. The second kappa shape index (κ2) is 31.5. The average molecular weight is 1070 g/mol. The van der Waals surface area contributed by atoms with E-state index in [0.29, 0.717) is 6.42 Å². The van der Waals surface area contributed by atoms with Gasteiger partial charge in [0, 0.05) is 26.8 Å². The quantitative estimate of drug-likeness (QED) is 0.0297. The van der Waals surface area contributed by atoms with Crippen molar-refractivity contribution in [3.05, 3.63) is 0 Å². The molecule has 0 aromatic carbocycles. The highest BCUT2D eigenvalue weighted by molar-refractivity contribution is 5.94. The first-order valence-corrected chi connectivity index (χ1v) is 23.4. The van der Waals surface area contributed by atoms with Gasteiger partial charge in [0.1, 0.15) is 85.5 Å². The molecular formula is C42H71N11O21. The van der Waals surface area contributed by atoms with Crippen LogP contribution in [0.4, 0.5) is 0 Å². The van der Waals surface area contributed by atoms with Crippen molar-refractivity contribution >= 4 is 65.0 Å². The van der Waals surface area contributed by atoms with E-state index in [-0.39, 0.29) is 25.9 Å². The Bertz CT molecular complexity index is 1970. The summed E-state index contributed by atoms with van der Waals surface area (Å²) in [6, 6.07) is -8.60. The number of amides is 10. The Morgan fingerprint density at radius 3 is 1.81 bits per heavy atom. The van der Waals surface area contributed by atoms with Crippen molar-refractivity contribution in [3.63, 3.8) is 0 Å². The van der Waals surface area contributed by atoms with Crippen LogP contribution in [-0.2, 0) is 71.7 Å². The lowest BCUT2D eigenvalue weighted by Gasteiger charge is -2.48. The molecule has 32 nitrogen and oxygen atoms in total. The molecule has 0 bridgehead atoms. The van der Waals surface area contributed by atoms with Crippen LogP contribution in [0.5, 0.6) is 0 Å². The van der Waals surface area contributed by atoms with E-state index < -0.39 is 196 Å². The van der Waals surface area contributed by atoms with Gasteiger partial charge >= 0.3 is 5.97 Å². The third-order valence-electron chi connectivity index (χ3n) is 11.3. The standard InChI is InChI=1S/C42H71N11O21/c1-17(37(66)47-13-28(60)46-14-29(61)62)49-40(69)23(8-6-7-11-45-27(59)12-43)52-26(58)10-9-22(36(44)65)53-38(67)18(2)48-39(68)19(3)71-35-31(51-21(5)57)41(70)72-25(16-55)34(35)74-42-30(50-20(4)56)33(64)32(63)24(15-54)73-42/h17-19,22-25,30-35,41-42,54-55,63-64,70H,6-16,43H2,1-5H3,(H2,44,65)(H,45,59)(H,46,60)(H,47,66)(H,48,68)(H,49,69)(H,50,56)(H,51,57)(H,52,58)(H,53,67)(H,61,62). The predicted molar refractivity (Wildman–Crippen MR) is 247 cm³/mol. The Morgan fingerprint density at radius 2 is 1.23 bits per heavy atom. The number of primary amides is 1. The second-order valence-corrected chi connectivity index (χ2v) is 17.3. The first-order valence-electron chi connectivity index (χ1n) is 23.4. The number of carboxylic acid groups (broad SMARTS) is 1. The Hall–Kier alpha value is -6.23. The van der Waals surface area contributed by atoms with Crippen LogP contribution in [0.3, 0.4) is 0 Å². The number of hydrogen-bond donors (Lipinski definition) is 17. The van der Waals surface area contributed by atoms with E-state index in [1.807, 2.05) is 5.32 Å². The molecule has 15 unspecified atom stereocenters. The number of aliphatic hydroxyl groups excluding tert-OH is 5. The van der Waals surface area contributed by atoms with Gasteiger partial charge in [-0.05, 0) is 46.5 Å². The highest BCUT2D eigenvalue weighted by Crippen LogP contribution is 2.31. The topological polar surface area (TPSA) is 506 Å². The molecule has 15 atom stereocenters. The van der Waals surface area contributed by atoms with Gasteiger partial charge < -0.3 is 109 Å². The maximum Gasteiger partial charge on any atom is 0.322 e. The summed E-state index contributed by atoms with van der Waals surface area (Å²) in [7, 11) is 0. The number of carbonyl (C=O) groups is 11. The molecule has 2 aliphatic rings. The number of ether oxygens (including phenoxy) is 4. The maximum absolute atomic E-state index is 13.6. The molecular weight excluding hydrogens is 995 g/mol. The average Bonchev–Trinajstić information content (AvgIpc) is 3.33. The van der Waals surface area contributed by atoms with E-state index in [1.54, 1.807) is 0 Å². The summed E-state index contributed by atoms with van der Waals surface area (Å²) < 4.78 is 23.2. The minimum atomic E-state index is -1.90. The maximum atomic E-state index is 13.6. The second-order valence-electron chi connectivity index (χ2n) is 17.3. The highest BCUT2D eigenvalue weighted by atomic mass is 16.7. The van der Waals surface area contributed by atoms with Crippen molar-refractivity contribution in [3.8, 4) is 0 Å². The van der Waals surface area contributed by atoms with Crippen molar-refractivity contribution in [1.29, 1.82) is 0 Å². The predicted octanol–water partition coefficient (Wildman–Crippen LogP) is -9.89. The molecule has 0 aliphatic carbocycles. The van der Waals surface area contributed by atoms with Gasteiger partial charge in [0.2, 0.25) is 59.1 Å². The van der Waals surface area contributed by atoms with Gasteiger partial charge in [-0.1, -0.05) is 0 Å². The number of nitrogens with two attached hydrogens (primary N) is 2. The van der Waals surface area contributed by atoms with Crippen LogP contribution >= 0.6 is 0 Å². The van der Waals surface area contributed by atoms with Crippen LogP contribution in [0, 0.1) is 0 Å². The molecule has 0 aromatic rings. The monoisotopic (exact) mass is 1070 g/mol. The Balaban J connectivity index is 2.18. The lowest BCUT2D eigenvalue weighted by Crippen LogP contribution is -2.70. The van der Waals surface area contributed by atoms with Crippen LogP contribution in [0.2, 0.25) is 0 Å². The van der Waals surface area contributed by atoms with E-state index in [1.165, 1.54) is 20.8 Å². The van der Waals surface area contributed by atoms with Crippen LogP contribution < -0.4 is 59.3 Å². The van der Waals surface area contributed by atoms with Crippen LogP contribution in [-0.4, -0.2) is 227 Å². The third-order valence-corrected chi connectivity index (χ3v) is 11.3. The van der Waals surface area contributed by atoms with E-state index in [4.69, 9.17) is 35.5 Å². The van der Waals surface area contributed by atoms with E-state index in [9.17, 15) is 78.3 Å². The lowest BCUT2D eigenvalue weighted by atomic mass is 9.94. The minimum absolute atomic E-state index is 0.0236. The highest BCUT2D eigenvalue weighted by Gasteiger charge is 2.53. The lowest BCUT2D eigenvalue weighted by molar-refractivity contribution is -0.333. The van der Waals surface area contributed by atoms with Crippen molar-refractivity contribution in [2.24, 2.45) is 11.5 Å². The number of carboxylic acids is 1. The number of hydrogen-bond acceptors (Lipinski definition) is 21. The van der Waals surface area contributed by atoms with Crippen molar-refractivity contribution in [2.45, 2.75) is 158 Å². The fraction of sp³-hybridized carbons (Fsp3) is 0.738. The molecule has 74 heavy (non-hydrogen) atoms. The molecule has 2 saturated heterocycles. The zero-order chi connectivity index (χ0) is 56.0. The van der Waals surface area contributed by atoms with E-state index in [2.05, 4.69) is 42.5 Å². The number of unbranched alkanes of at least 4 members (excludes halogenated alkanes) is 1. The smallest absolute Gasteiger partial charge is 0.322 e. The minimum Gasteiger partial charge on any atom is -0.480 e. The Kier molecular flexibility index (Phi) is 27.2. The summed E-state index contributed by atoms with van der Waals surface area (Å²) in [5.41, 5.74) is 10.8. The van der Waals surface area contributed by atoms with Crippen LogP contribution in [0.1, 0.15) is 66.7 Å². The molecule has 10 amide bonds. The fourth-order valence-corrected chi connectivity index (χ4v) is 7.32. The fourth-order valence-electron chi connectivity index (χ4n) is 7.32. The molecule has 420 valence electrons. The molecule has 2 aliphatic heterocycles. The summed E-state index contributed by atoms with van der Waals surface area (Å²) in [5.74, 6) is -9.60. The largest absolute Gasteiger partial charge is 0.480 e. The molecule has 0 saturated carbocycles. The zero-order valence-corrected chi connectivity index (χ0v) is 41.4. The molecule has 32 heteroatoms. The van der Waals surface area contributed by atoms with Gasteiger partial charge in [0.25, 0.3) is 0 Å². The van der Waals surface area contributed by atoms with Crippen LogP contribution in [0.15, 0.2) is 0 Å². The molecule has 0 aromatic heterocycles. The number of carbonyl (C=O) groups excluding carboxylic acids is 10. The van der Waals surface area contributed by atoms with Gasteiger partial charge in [0.15, 0.2) is 12.6 Å². The van der Waals surface area contributed by atoms with Gasteiger partial charge in [-0.15, -0.1) is 0 Å². The van der Waals surface area contributed by atoms with Crippen molar-refractivity contribution in [2.75, 3.05) is 39.4 Å². The summed E-state index contributed by atoms with van der Waals surface area (Å²) >= 11 is 0. The number of aliphatic carboxylic acids is 1. The Morgan fingerprint density at radius 1 is 0.622 bits per heavy atom. The number of nitrogens with one attached hydrogen (secondary N) is 9. The van der Waals surface area contributed by atoms with Crippen LogP contribution in [0.25, 0.3) is 0 Å². The first-order chi connectivity index (χ1) is 34.7. The van der Waals surface area contributed by atoms with Crippen molar-refractivity contribution < 1.29 is 102 Å². The molecule has 0 spiro atoms. The summed E-state index contributed by atoms with van der Waals surface area (Å²) in [6.45, 7) is 2.72. The molecule has 19 N–H and O–H groups in total. The van der Waals surface area contributed by atoms with Gasteiger partial charge in [0.05, 0.1) is 26.3 Å². The molecule has 2 rings (SSSR count). The molecule has 2 fully saturated rings. The van der Waals surface area contributed by atoms with Crippen molar-refractivity contribution in [1.82, 2.24) is 47.9 Å². The normalized spacial score (nSPS) is 25.4. The van der Waals surface area contributed by atoms with Gasteiger partial charge in [-0.2, -0.15) is 0 Å². The number of aliphatic hydroxyl groups is 5. The molecule has 2 heterocycles. The van der Waals surface area contributed by atoms with Gasteiger partial charge in [-0.3, -0.25) is 52.7 Å².